The van der Waals surface area contributed by atoms with Gasteiger partial charge in [0.1, 0.15) is 5.92 Å². The molecule has 0 aromatic heterocycles. The van der Waals surface area contributed by atoms with Crippen LogP contribution < -0.4 is 0 Å². The van der Waals surface area contributed by atoms with Crippen LogP contribution >= 0.6 is 0 Å². The smallest absolute Gasteiger partial charge is 0.317 e. The van der Waals surface area contributed by atoms with E-state index in [4.69, 9.17) is 4.74 Å². The highest BCUT2D eigenvalue weighted by Crippen LogP contribution is 2.46. The molecule has 0 radical (unpaired) electrons. The van der Waals surface area contributed by atoms with E-state index in [9.17, 15) is 9.59 Å². The van der Waals surface area contributed by atoms with Gasteiger partial charge in [-0.25, -0.2) is 0 Å². The van der Waals surface area contributed by atoms with Gasteiger partial charge in [0, 0.05) is 11.5 Å². The van der Waals surface area contributed by atoms with Crippen molar-refractivity contribution in [1.29, 1.82) is 0 Å². The van der Waals surface area contributed by atoms with Crippen molar-refractivity contribution in [3.05, 3.63) is 70.8 Å². The zero-order valence-corrected chi connectivity index (χ0v) is 13.6. The molecule has 0 amide bonds. The van der Waals surface area contributed by atoms with Gasteiger partial charge in [0.05, 0.1) is 7.11 Å². The average molecular weight is 308 g/mol. The number of methoxy groups -OCH3 is 1. The molecular weight excluding hydrogens is 288 g/mol. The lowest BCUT2D eigenvalue weighted by molar-refractivity contribution is -0.144. The van der Waals surface area contributed by atoms with Crippen LogP contribution in [-0.4, -0.2) is 18.9 Å². The molecule has 0 saturated carbocycles. The van der Waals surface area contributed by atoms with E-state index in [1.807, 2.05) is 49.4 Å². The van der Waals surface area contributed by atoms with Crippen LogP contribution in [-0.2, 0) is 9.53 Å². The van der Waals surface area contributed by atoms with Gasteiger partial charge < -0.3 is 4.74 Å². The van der Waals surface area contributed by atoms with Crippen LogP contribution in [0, 0.1) is 12.8 Å². The van der Waals surface area contributed by atoms with E-state index in [0.29, 0.717) is 5.56 Å². The number of ether oxygens (including phenoxy) is 1. The maximum absolute atomic E-state index is 13.0. The van der Waals surface area contributed by atoms with Crippen molar-refractivity contribution in [2.75, 3.05) is 7.11 Å². The summed E-state index contributed by atoms with van der Waals surface area (Å²) in [4.78, 5) is 25.3. The van der Waals surface area contributed by atoms with Crippen molar-refractivity contribution in [2.45, 2.75) is 25.7 Å². The van der Waals surface area contributed by atoms with Crippen molar-refractivity contribution >= 4 is 11.8 Å². The minimum atomic E-state index is -0.786. The first-order chi connectivity index (χ1) is 11.1. The van der Waals surface area contributed by atoms with E-state index in [1.54, 1.807) is 6.07 Å². The Bertz CT molecular complexity index is 763. The molecule has 0 unspecified atom stereocenters. The number of aryl methyl sites for hydroxylation is 1. The third-order valence-electron chi connectivity index (χ3n) is 4.90. The van der Waals surface area contributed by atoms with Crippen LogP contribution in [0.15, 0.2) is 48.5 Å². The molecule has 23 heavy (non-hydrogen) atoms. The zero-order valence-electron chi connectivity index (χ0n) is 13.6. The summed E-state index contributed by atoms with van der Waals surface area (Å²) in [7, 11) is 1.34. The van der Waals surface area contributed by atoms with Gasteiger partial charge >= 0.3 is 5.97 Å². The highest BCUT2D eigenvalue weighted by atomic mass is 16.5. The molecule has 3 nitrogen and oxygen atoms in total. The number of benzene rings is 2. The van der Waals surface area contributed by atoms with Crippen molar-refractivity contribution in [2.24, 2.45) is 5.92 Å². The molecule has 0 heterocycles. The van der Waals surface area contributed by atoms with Gasteiger partial charge in [-0.15, -0.1) is 0 Å². The maximum Gasteiger partial charge on any atom is 0.317 e. The van der Waals surface area contributed by atoms with Gasteiger partial charge in [0.2, 0.25) is 0 Å². The predicted molar refractivity (Wildman–Crippen MR) is 88.6 cm³/mol. The molecule has 2 aromatic rings. The number of fused-ring (bicyclic) bond motifs is 1. The molecule has 1 aliphatic carbocycles. The standard InChI is InChI=1S/C20H20O3/c1-12-8-4-5-9-14(12)17-13(2)15-10-6-7-11-16(15)19(21)18(17)20(22)23-3/h4-11,13,17-18H,1-3H3/t13-,17-,18-/m1/s1. The Balaban J connectivity index is 2.21. The SMILES string of the molecule is COC(=O)[C@H]1C(=O)c2ccccc2[C@@H](C)[C@@H]1c1ccccc1C. The van der Waals surface area contributed by atoms with E-state index in [2.05, 4.69) is 6.92 Å². The summed E-state index contributed by atoms with van der Waals surface area (Å²) in [6, 6.07) is 15.5. The second-order valence-corrected chi connectivity index (χ2v) is 6.12. The Morgan fingerprint density at radius 2 is 1.61 bits per heavy atom. The summed E-state index contributed by atoms with van der Waals surface area (Å²) in [5.41, 5.74) is 3.77. The molecular formula is C20H20O3. The number of hydrogen-bond donors (Lipinski definition) is 0. The van der Waals surface area contributed by atoms with E-state index in [1.165, 1.54) is 7.11 Å². The van der Waals surface area contributed by atoms with Crippen LogP contribution in [0.3, 0.4) is 0 Å². The summed E-state index contributed by atoms with van der Waals surface area (Å²) in [5.74, 6) is -1.52. The summed E-state index contributed by atoms with van der Waals surface area (Å²) in [6.45, 7) is 4.10. The molecule has 118 valence electrons. The van der Waals surface area contributed by atoms with E-state index in [-0.39, 0.29) is 17.6 Å². The number of carbonyl (C=O) groups is 2. The summed E-state index contributed by atoms with van der Waals surface area (Å²) < 4.78 is 4.96. The molecule has 0 fully saturated rings. The minimum Gasteiger partial charge on any atom is -0.468 e. The maximum atomic E-state index is 13.0. The molecule has 1 aliphatic rings. The number of ketones is 1. The molecule has 3 atom stereocenters. The van der Waals surface area contributed by atoms with Crippen molar-refractivity contribution in [3.63, 3.8) is 0 Å². The Morgan fingerprint density at radius 3 is 2.26 bits per heavy atom. The van der Waals surface area contributed by atoms with Gasteiger partial charge in [0.25, 0.3) is 0 Å². The summed E-state index contributed by atoms with van der Waals surface area (Å²) in [6.07, 6.45) is 0. The lowest BCUT2D eigenvalue weighted by Crippen LogP contribution is -2.38. The molecule has 0 N–H and O–H groups in total. The number of esters is 1. The number of carbonyl (C=O) groups excluding carboxylic acids is 2. The van der Waals surface area contributed by atoms with Crippen molar-refractivity contribution in [1.82, 2.24) is 0 Å². The average Bonchev–Trinajstić information content (AvgIpc) is 2.58. The van der Waals surface area contributed by atoms with Crippen molar-refractivity contribution < 1.29 is 14.3 Å². The van der Waals surface area contributed by atoms with Crippen molar-refractivity contribution in [3.8, 4) is 0 Å². The molecule has 3 rings (SSSR count). The quantitative estimate of drug-likeness (QED) is 0.625. The zero-order chi connectivity index (χ0) is 16.6. The minimum absolute atomic E-state index is 0.0640. The van der Waals surface area contributed by atoms with E-state index >= 15 is 0 Å². The van der Waals surface area contributed by atoms with E-state index in [0.717, 1.165) is 16.7 Å². The van der Waals surface area contributed by atoms with Gasteiger partial charge in [0.15, 0.2) is 5.78 Å². The second kappa shape index (κ2) is 5.99. The largest absolute Gasteiger partial charge is 0.468 e. The Morgan fingerprint density at radius 1 is 1.00 bits per heavy atom. The van der Waals surface area contributed by atoms with Crippen LogP contribution in [0.1, 0.15) is 45.8 Å². The fraction of sp³-hybridized carbons (Fsp3) is 0.300. The molecule has 0 spiro atoms. The van der Waals surface area contributed by atoms with Crippen LogP contribution in [0.25, 0.3) is 0 Å². The van der Waals surface area contributed by atoms with Gasteiger partial charge in [-0.05, 0) is 29.5 Å². The Labute approximate surface area is 136 Å². The first-order valence-electron chi connectivity index (χ1n) is 7.82. The summed E-state index contributed by atoms with van der Waals surface area (Å²) in [5, 5.41) is 0. The Hall–Kier alpha value is -2.42. The lowest BCUT2D eigenvalue weighted by Gasteiger charge is -2.36. The number of rotatable bonds is 2. The Kier molecular flexibility index (Phi) is 4.03. The number of hydrogen-bond acceptors (Lipinski definition) is 3. The first-order valence-corrected chi connectivity index (χ1v) is 7.82. The van der Waals surface area contributed by atoms with Crippen LogP contribution in [0.4, 0.5) is 0 Å². The monoisotopic (exact) mass is 308 g/mol. The molecule has 0 bridgehead atoms. The van der Waals surface area contributed by atoms with Crippen LogP contribution in [0.5, 0.6) is 0 Å². The fourth-order valence-electron chi connectivity index (χ4n) is 3.72. The van der Waals surface area contributed by atoms with Gasteiger partial charge in [-0.3, -0.25) is 9.59 Å². The van der Waals surface area contributed by atoms with E-state index < -0.39 is 11.9 Å². The predicted octanol–water partition coefficient (Wildman–Crippen LogP) is 3.87. The van der Waals surface area contributed by atoms with Gasteiger partial charge in [-0.2, -0.15) is 0 Å². The topological polar surface area (TPSA) is 43.4 Å². The third kappa shape index (κ3) is 2.46. The highest BCUT2D eigenvalue weighted by Gasteiger charge is 2.45. The second-order valence-electron chi connectivity index (χ2n) is 6.12. The summed E-state index contributed by atoms with van der Waals surface area (Å²) >= 11 is 0. The fourth-order valence-corrected chi connectivity index (χ4v) is 3.72. The highest BCUT2D eigenvalue weighted by molar-refractivity contribution is 6.11. The molecule has 0 saturated heterocycles. The molecule has 3 heteroatoms. The normalized spacial score (nSPS) is 23.3. The third-order valence-corrected chi connectivity index (χ3v) is 4.90. The number of Topliss-reactive ketones (excluding diaryl/α,β-unsaturated/α-hetero) is 1. The lowest BCUT2D eigenvalue weighted by atomic mass is 9.65. The molecule has 0 aliphatic heterocycles. The molecule has 2 aromatic carbocycles. The first kappa shape index (κ1) is 15.5. The van der Waals surface area contributed by atoms with Crippen LogP contribution in [0.2, 0.25) is 0 Å². The van der Waals surface area contributed by atoms with Gasteiger partial charge in [-0.1, -0.05) is 55.5 Å².